The van der Waals surface area contributed by atoms with Gasteiger partial charge < -0.3 is 49.1 Å². The van der Waals surface area contributed by atoms with Crippen LogP contribution in [0.4, 0.5) is 0 Å². The van der Waals surface area contributed by atoms with Crippen molar-refractivity contribution >= 4 is 29.7 Å². The van der Waals surface area contributed by atoms with E-state index in [0.717, 1.165) is 0 Å². The quantitative estimate of drug-likeness (QED) is 0.0603. The lowest BCUT2D eigenvalue weighted by Crippen LogP contribution is -2.58. The minimum Gasteiger partial charge on any atom is -0.480 e. The van der Waals surface area contributed by atoms with E-state index in [1.54, 1.807) is 0 Å². The summed E-state index contributed by atoms with van der Waals surface area (Å²) in [6.07, 6.45) is 0.361. The maximum atomic E-state index is 12.9. The van der Waals surface area contributed by atoms with Gasteiger partial charge >= 0.3 is 5.97 Å². The Labute approximate surface area is 192 Å². The molecule has 14 nitrogen and oxygen atoms in total. The molecule has 0 aliphatic heterocycles. The normalized spacial score (nSPS) is 15.3. The Hall–Kier alpha value is -2.97. The fourth-order valence-electron chi connectivity index (χ4n) is 2.75. The van der Waals surface area contributed by atoms with Crippen LogP contribution in [-0.2, 0) is 19.2 Å². The van der Waals surface area contributed by atoms with Crippen LogP contribution in [0.25, 0.3) is 0 Å². The van der Waals surface area contributed by atoms with Crippen LogP contribution in [0.3, 0.4) is 0 Å². The monoisotopic (exact) mass is 474 g/mol. The summed E-state index contributed by atoms with van der Waals surface area (Å²) in [4.78, 5) is 52.8. The number of nitrogens with zero attached hydrogens (tertiary/aromatic N) is 1. The second-order valence-corrected chi connectivity index (χ2v) is 7.71. The van der Waals surface area contributed by atoms with Gasteiger partial charge in [0.25, 0.3) is 0 Å². The maximum Gasteiger partial charge on any atom is 0.328 e. The molecule has 0 saturated heterocycles. The Balaban J connectivity index is 5.47. The van der Waals surface area contributed by atoms with Gasteiger partial charge in [-0.15, -0.1) is 0 Å². The van der Waals surface area contributed by atoms with Crippen LogP contribution in [-0.4, -0.2) is 83.2 Å². The topological polar surface area (TPSA) is 261 Å². The number of guanidine groups is 1. The average Bonchev–Trinajstić information content (AvgIpc) is 2.72. The largest absolute Gasteiger partial charge is 0.480 e. The van der Waals surface area contributed by atoms with Crippen molar-refractivity contribution in [2.75, 3.05) is 13.1 Å². The highest BCUT2D eigenvalue weighted by Gasteiger charge is 2.31. The summed E-state index contributed by atoms with van der Waals surface area (Å²) in [5.41, 5.74) is 21.6. The van der Waals surface area contributed by atoms with Crippen LogP contribution in [0.5, 0.6) is 0 Å². The molecule has 5 unspecified atom stereocenters. The predicted molar refractivity (Wildman–Crippen MR) is 122 cm³/mol. The Bertz CT molecular complexity index is 681. The van der Waals surface area contributed by atoms with Crippen molar-refractivity contribution in [3.05, 3.63) is 0 Å². The molecule has 0 aromatic heterocycles. The van der Waals surface area contributed by atoms with E-state index in [1.807, 2.05) is 0 Å². The van der Waals surface area contributed by atoms with Crippen molar-refractivity contribution in [2.45, 2.75) is 76.2 Å². The van der Waals surface area contributed by atoms with Crippen LogP contribution in [0.2, 0.25) is 0 Å². The molecule has 0 fully saturated rings. The molecule has 0 rings (SSSR count). The number of carbonyl (C=O) groups excluding carboxylic acids is 3. The number of aliphatic hydroxyl groups is 1. The van der Waals surface area contributed by atoms with Gasteiger partial charge in [-0.1, -0.05) is 0 Å². The van der Waals surface area contributed by atoms with Gasteiger partial charge in [-0.25, -0.2) is 4.79 Å². The molecule has 190 valence electrons. The van der Waals surface area contributed by atoms with Crippen LogP contribution >= 0.6 is 0 Å². The number of carbonyl (C=O) groups is 4. The fraction of sp³-hybridized carbons (Fsp3) is 0.737. The molecule has 5 atom stereocenters. The predicted octanol–water partition coefficient (Wildman–Crippen LogP) is -3.56. The molecular weight excluding hydrogens is 436 g/mol. The average molecular weight is 475 g/mol. The van der Waals surface area contributed by atoms with Gasteiger partial charge in [-0.3, -0.25) is 19.4 Å². The first-order chi connectivity index (χ1) is 15.4. The number of rotatable bonds is 16. The van der Waals surface area contributed by atoms with E-state index in [4.69, 9.17) is 22.9 Å². The van der Waals surface area contributed by atoms with Crippen molar-refractivity contribution in [2.24, 2.45) is 27.9 Å². The van der Waals surface area contributed by atoms with E-state index in [-0.39, 0.29) is 25.3 Å². The van der Waals surface area contributed by atoms with E-state index in [1.165, 1.54) is 13.8 Å². The summed E-state index contributed by atoms with van der Waals surface area (Å²) >= 11 is 0. The lowest BCUT2D eigenvalue weighted by Gasteiger charge is -2.25. The number of nitrogens with one attached hydrogen (secondary N) is 3. The lowest BCUT2D eigenvalue weighted by molar-refractivity contribution is -0.145. The number of aliphatic imine (C=N–C) groups is 1. The highest BCUT2D eigenvalue weighted by molar-refractivity contribution is 5.94. The van der Waals surface area contributed by atoms with Crippen molar-refractivity contribution < 1.29 is 29.4 Å². The van der Waals surface area contributed by atoms with E-state index in [9.17, 15) is 29.4 Å². The van der Waals surface area contributed by atoms with E-state index in [0.29, 0.717) is 25.8 Å². The lowest BCUT2D eigenvalue weighted by atomic mass is 10.0. The molecule has 0 radical (unpaired) electrons. The van der Waals surface area contributed by atoms with E-state index in [2.05, 4.69) is 20.9 Å². The highest BCUT2D eigenvalue weighted by Crippen LogP contribution is 2.06. The minimum absolute atomic E-state index is 0.113. The third-order valence-electron chi connectivity index (χ3n) is 4.62. The van der Waals surface area contributed by atoms with Crippen LogP contribution < -0.4 is 38.9 Å². The first kappa shape index (κ1) is 30.0. The second-order valence-electron chi connectivity index (χ2n) is 7.71. The Morgan fingerprint density at radius 2 is 1.39 bits per heavy atom. The summed E-state index contributed by atoms with van der Waals surface area (Å²) in [6.45, 7) is 3.26. The van der Waals surface area contributed by atoms with Gasteiger partial charge in [0.2, 0.25) is 17.7 Å². The van der Waals surface area contributed by atoms with Crippen LogP contribution in [0, 0.1) is 0 Å². The molecule has 0 aromatic carbocycles. The van der Waals surface area contributed by atoms with Gasteiger partial charge in [0.15, 0.2) is 12.0 Å². The molecule has 14 heteroatoms. The third kappa shape index (κ3) is 12.6. The summed E-state index contributed by atoms with van der Waals surface area (Å²) in [5.74, 6) is -3.55. The Morgan fingerprint density at radius 1 is 0.879 bits per heavy atom. The smallest absolute Gasteiger partial charge is 0.328 e. The van der Waals surface area contributed by atoms with Crippen molar-refractivity contribution in [1.29, 1.82) is 0 Å². The molecule has 0 aliphatic carbocycles. The first-order valence-electron chi connectivity index (χ1n) is 10.7. The van der Waals surface area contributed by atoms with Crippen LogP contribution in [0.1, 0.15) is 46.0 Å². The molecule has 0 saturated carbocycles. The van der Waals surface area contributed by atoms with E-state index < -0.39 is 54.0 Å². The third-order valence-corrected chi connectivity index (χ3v) is 4.62. The molecule has 0 bridgehead atoms. The van der Waals surface area contributed by atoms with Crippen molar-refractivity contribution in [1.82, 2.24) is 16.0 Å². The van der Waals surface area contributed by atoms with Gasteiger partial charge in [-0.2, -0.15) is 0 Å². The zero-order valence-electron chi connectivity index (χ0n) is 19.1. The highest BCUT2D eigenvalue weighted by atomic mass is 16.4. The molecular formula is C19H38N8O6. The number of aliphatic carboxylic acids is 1. The molecule has 0 spiro atoms. The van der Waals surface area contributed by atoms with Gasteiger partial charge in [0, 0.05) is 6.54 Å². The summed E-state index contributed by atoms with van der Waals surface area (Å²) in [7, 11) is 0. The molecule has 3 amide bonds. The zero-order chi connectivity index (χ0) is 25.6. The first-order valence-corrected chi connectivity index (χ1v) is 10.7. The molecule has 0 heterocycles. The molecule has 0 aliphatic rings. The number of amides is 3. The molecule has 13 N–H and O–H groups in total. The summed E-state index contributed by atoms with van der Waals surface area (Å²) in [5, 5.41) is 26.1. The Kier molecular flexibility index (Phi) is 14.4. The standard InChI is InChI=1S/C19H38N8O6/c1-10(21)15(29)25-13(7-5-9-24-19(22)23)16(30)26-12(6-3-4-8-20)17(31)27-14(11(2)28)18(32)33/h10-14,28H,3-9,20-21H2,1-2H3,(H,25,29)(H,26,30)(H,27,31)(H,32,33)(H4,22,23,24). The molecule has 33 heavy (non-hydrogen) atoms. The van der Waals surface area contributed by atoms with Gasteiger partial charge in [0.05, 0.1) is 12.1 Å². The number of unbranched alkanes of at least 4 members (excludes halogenated alkanes) is 1. The van der Waals surface area contributed by atoms with Crippen molar-refractivity contribution in [3.63, 3.8) is 0 Å². The fourth-order valence-corrected chi connectivity index (χ4v) is 2.75. The minimum atomic E-state index is -1.56. The number of carboxylic acid groups (broad SMARTS) is 1. The van der Waals surface area contributed by atoms with Crippen LogP contribution in [0.15, 0.2) is 4.99 Å². The zero-order valence-corrected chi connectivity index (χ0v) is 19.1. The number of hydrogen-bond donors (Lipinski definition) is 9. The summed E-state index contributed by atoms with van der Waals surface area (Å²) in [6, 6.07) is -4.57. The number of nitrogens with two attached hydrogens (primary N) is 4. The molecule has 0 aromatic rings. The number of hydrogen-bond acceptors (Lipinski definition) is 8. The maximum absolute atomic E-state index is 12.9. The SMILES string of the molecule is CC(N)C(=O)NC(CCCN=C(N)N)C(=O)NC(CCCCN)C(=O)NC(C(=O)O)C(C)O. The second kappa shape index (κ2) is 15.8. The van der Waals surface area contributed by atoms with Gasteiger partial charge in [0.1, 0.15) is 12.1 Å². The van der Waals surface area contributed by atoms with Crippen molar-refractivity contribution in [3.8, 4) is 0 Å². The van der Waals surface area contributed by atoms with E-state index >= 15 is 0 Å². The summed E-state index contributed by atoms with van der Waals surface area (Å²) < 4.78 is 0. The van der Waals surface area contributed by atoms with Gasteiger partial charge in [-0.05, 0) is 52.5 Å². The number of aliphatic hydroxyl groups excluding tert-OH is 1. The number of carboxylic acids is 1. The Morgan fingerprint density at radius 3 is 1.85 bits per heavy atom.